The molecule has 0 spiro atoms. The average molecular weight is 379 g/mol. The van der Waals surface area contributed by atoms with E-state index < -0.39 is 0 Å². The van der Waals surface area contributed by atoms with E-state index in [0.717, 1.165) is 23.9 Å². The first-order valence-electron chi connectivity index (χ1n) is 9.11. The zero-order valence-electron chi connectivity index (χ0n) is 15.3. The summed E-state index contributed by atoms with van der Waals surface area (Å²) in [6, 6.07) is 18.5. The molecule has 2 aromatic carbocycles. The first kappa shape index (κ1) is 17.7. The summed E-state index contributed by atoms with van der Waals surface area (Å²) in [5.74, 6) is 0.930. The van der Waals surface area contributed by atoms with Gasteiger partial charge in [0.15, 0.2) is 0 Å². The standard InChI is InChI=1S/C21H22N4OS/c1-24(21-22-19(23-27-21)13-16-7-3-2-4-8-16)15-20(26)25-12-11-17-9-5-6-10-18(17)14-25/h2-10H,11-15H2,1H3. The van der Waals surface area contributed by atoms with E-state index in [-0.39, 0.29) is 5.91 Å². The topological polar surface area (TPSA) is 49.3 Å². The molecule has 2 heterocycles. The van der Waals surface area contributed by atoms with Crippen LogP contribution in [0, 0.1) is 0 Å². The highest BCUT2D eigenvalue weighted by atomic mass is 32.1. The van der Waals surface area contributed by atoms with Crippen molar-refractivity contribution in [1.29, 1.82) is 0 Å². The Morgan fingerprint density at radius 3 is 2.67 bits per heavy atom. The van der Waals surface area contributed by atoms with Gasteiger partial charge in [-0.1, -0.05) is 54.6 Å². The van der Waals surface area contributed by atoms with E-state index in [1.165, 1.54) is 28.2 Å². The quantitative estimate of drug-likeness (QED) is 0.684. The monoisotopic (exact) mass is 378 g/mol. The second-order valence-corrected chi connectivity index (χ2v) is 7.58. The van der Waals surface area contributed by atoms with Gasteiger partial charge in [0.2, 0.25) is 11.0 Å². The molecule has 27 heavy (non-hydrogen) atoms. The summed E-state index contributed by atoms with van der Waals surface area (Å²) in [5.41, 5.74) is 3.79. The molecule has 0 radical (unpaired) electrons. The summed E-state index contributed by atoms with van der Waals surface area (Å²) in [5, 5.41) is 0.784. The Morgan fingerprint density at radius 2 is 1.85 bits per heavy atom. The Kier molecular flexibility index (Phi) is 5.16. The van der Waals surface area contributed by atoms with Gasteiger partial charge in [0, 0.05) is 38.1 Å². The van der Waals surface area contributed by atoms with Crippen LogP contribution >= 0.6 is 11.5 Å². The van der Waals surface area contributed by atoms with E-state index >= 15 is 0 Å². The van der Waals surface area contributed by atoms with Crippen LogP contribution in [-0.4, -0.2) is 40.3 Å². The van der Waals surface area contributed by atoms with Crippen LogP contribution in [0.4, 0.5) is 5.13 Å². The number of carbonyl (C=O) groups excluding carboxylic acids is 1. The highest BCUT2D eigenvalue weighted by molar-refractivity contribution is 7.09. The van der Waals surface area contributed by atoms with Crippen LogP contribution in [0.1, 0.15) is 22.5 Å². The molecule has 0 saturated heterocycles. The van der Waals surface area contributed by atoms with Crippen molar-refractivity contribution < 1.29 is 4.79 Å². The summed E-state index contributed by atoms with van der Waals surface area (Å²) >= 11 is 1.35. The SMILES string of the molecule is CN(CC(=O)N1CCc2ccccc2C1)c1nc(Cc2ccccc2)ns1. The van der Waals surface area contributed by atoms with Crippen molar-refractivity contribution in [3.63, 3.8) is 0 Å². The second kappa shape index (κ2) is 7.88. The molecular formula is C21H22N4OS. The average Bonchev–Trinajstić information content (AvgIpc) is 3.17. The van der Waals surface area contributed by atoms with Crippen molar-refractivity contribution in [1.82, 2.24) is 14.3 Å². The molecule has 1 amide bonds. The van der Waals surface area contributed by atoms with Gasteiger partial charge in [-0.15, -0.1) is 0 Å². The predicted octanol–water partition coefficient (Wildman–Crippen LogP) is 3.15. The lowest BCUT2D eigenvalue weighted by Gasteiger charge is -2.30. The number of rotatable bonds is 5. The summed E-state index contributed by atoms with van der Waals surface area (Å²) in [4.78, 5) is 21.2. The Bertz CT molecular complexity index is 925. The molecule has 0 unspecified atom stereocenters. The number of hydrogen-bond donors (Lipinski definition) is 0. The summed E-state index contributed by atoms with van der Waals surface area (Å²) in [6.07, 6.45) is 1.63. The summed E-state index contributed by atoms with van der Waals surface area (Å²) in [6.45, 7) is 1.79. The fraction of sp³-hybridized carbons (Fsp3) is 0.286. The molecule has 3 aromatic rings. The van der Waals surface area contributed by atoms with Crippen LogP contribution in [0.15, 0.2) is 54.6 Å². The first-order valence-corrected chi connectivity index (χ1v) is 9.88. The highest BCUT2D eigenvalue weighted by Crippen LogP contribution is 2.21. The Labute approximate surface area is 163 Å². The van der Waals surface area contributed by atoms with Gasteiger partial charge < -0.3 is 9.80 Å². The van der Waals surface area contributed by atoms with Crippen LogP contribution in [0.3, 0.4) is 0 Å². The normalized spacial score (nSPS) is 13.3. The van der Waals surface area contributed by atoms with Crippen molar-refractivity contribution in [2.75, 3.05) is 25.0 Å². The molecule has 6 heteroatoms. The molecule has 1 aromatic heterocycles. The maximum absolute atomic E-state index is 12.7. The third-order valence-electron chi connectivity index (χ3n) is 4.84. The molecule has 4 rings (SSSR count). The Morgan fingerprint density at radius 1 is 1.11 bits per heavy atom. The molecule has 0 fully saturated rings. The predicted molar refractivity (Wildman–Crippen MR) is 108 cm³/mol. The number of benzene rings is 2. The smallest absolute Gasteiger partial charge is 0.242 e. The van der Waals surface area contributed by atoms with E-state index in [1.807, 2.05) is 41.1 Å². The number of nitrogens with zero attached hydrogens (tertiary/aromatic N) is 4. The van der Waals surface area contributed by atoms with Crippen molar-refractivity contribution >= 4 is 22.6 Å². The number of carbonyl (C=O) groups is 1. The molecule has 1 aliphatic heterocycles. The van der Waals surface area contributed by atoms with Gasteiger partial charge in [-0.25, -0.2) is 4.98 Å². The number of fused-ring (bicyclic) bond motifs is 1. The van der Waals surface area contributed by atoms with Crippen molar-refractivity contribution in [3.05, 3.63) is 77.1 Å². The minimum absolute atomic E-state index is 0.131. The molecule has 5 nitrogen and oxygen atoms in total. The van der Waals surface area contributed by atoms with Gasteiger partial charge in [0.05, 0.1) is 6.54 Å². The van der Waals surface area contributed by atoms with Crippen LogP contribution < -0.4 is 4.90 Å². The largest absolute Gasteiger partial charge is 0.341 e. The lowest BCUT2D eigenvalue weighted by atomic mass is 10.00. The van der Waals surface area contributed by atoms with Gasteiger partial charge in [0.1, 0.15) is 5.82 Å². The zero-order chi connectivity index (χ0) is 18.6. The lowest BCUT2D eigenvalue weighted by Crippen LogP contribution is -2.41. The minimum Gasteiger partial charge on any atom is -0.341 e. The highest BCUT2D eigenvalue weighted by Gasteiger charge is 2.22. The maximum Gasteiger partial charge on any atom is 0.242 e. The van der Waals surface area contributed by atoms with Crippen LogP contribution in [0.5, 0.6) is 0 Å². The van der Waals surface area contributed by atoms with Crippen LogP contribution in [0.25, 0.3) is 0 Å². The van der Waals surface area contributed by atoms with Crippen LogP contribution in [0.2, 0.25) is 0 Å². The number of aromatic nitrogens is 2. The number of hydrogen-bond acceptors (Lipinski definition) is 5. The van der Waals surface area contributed by atoms with E-state index in [4.69, 9.17) is 0 Å². The van der Waals surface area contributed by atoms with Crippen LogP contribution in [-0.2, 0) is 24.2 Å². The summed E-state index contributed by atoms with van der Waals surface area (Å²) < 4.78 is 4.45. The third kappa shape index (κ3) is 4.17. The molecule has 0 N–H and O–H groups in total. The molecule has 0 atom stereocenters. The molecule has 0 aliphatic carbocycles. The summed E-state index contributed by atoms with van der Waals surface area (Å²) in [7, 11) is 1.91. The molecule has 1 aliphatic rings. The van der Waals surface area contributed by atoms with Gasteiger partial charge in [-0.2, -0.15) is 4.37 Å². The first-order chi connectivity index (χ1) is 13.2. The van der Waals surface area contributed by atoms with Gasteiger partial charge in [-0.3, -0.25) is 4.79 Å². The Balaban J connectivity index is 1.36. The van der Waals surface area contributed by atoms with Crippen molar-refractivity contribution in [2.45, 2.75) is 19.4 Å². The fourth-order valence-corrected chi connectivity index (χ4v) is 3.97. The zero-order valence-corrected chi connectivity index (χ0v) is 16.2. The molecular weight excluding hydrogens is 356 g/mol. The molecule has 0 bridgehead atoms. The third-order valence-corrected chi connectivity index (χ3v) is 5.71. The number of anilines is 1. The van der Waals surface area contributed by atoms with Crippen molar-refractivity contribution in [2.24, 2.45) is 0 Å². The number of likely N-dealkylation sites (N-methyl/N-ethyl adjacent to an activating group) is 1. The number of amides is 1. The van der Waals surface area contributed by atoms with E-state index in [9.17, 15) is 4.79 Å². The maximum atomic E-state index is 12.7. The van der Waals surface area contributed by atoms with Gasteiger partial charge in [-0.05, 0) is 23.1 Å². The minimum atomic E-state index is 0.131. The molecule has 0 saturated carbocycles. The van der Waals surface area contributed by atoms with Crippen molar-refractivity contribution in [3.8, 4) is 0 Å². The lowest BCUT2D eigenvalue weighted by molar-refractivity contribution is -0.130. The van der Waals surface area contributed by atoms with E-state index in [0.29, 0.717) is 19.5 Å². The second-order valence-electron chi connectivity index (χ2n) is 6.85. The van der Waals surface area contributed by atoms with E-state index in [1.54, 1.807) is 0 Å². The van der Waals surface area contributed by atoms with Gasteiger partial charge >= 0.3 is 0 Å². The Hall–Kier alpha value is -2.73. The fourth-order valence-electron chi connectivity index (χ4n) is 3.33. The van der Waals surface area contributed by atoms with Gasteiger partial charge in [0.25, 0.3) is 0 Å². The van der Waals surface area contributed by atoms with E-state index in [2.05, 4.69) is 39.7 Å². The molecule has 138 valence electrons.